The number of nitrogens with one attached hydrogen (secondary N) is 1. The van der Waals surface area contributed by atoms with Gasteiger partial charge in [-0.15, -0.1) is 0 Å². The SMILES string of the molecule is COCCNCc1ccc(N(CCOC)CC(C)C)nc1. The van der Waals surface area contributed by atoms with Crippen LogP contribution in [0.25, 0.3) is 0 Å². The van der Waals surface area contributed by atoms with Gasteiger partial charge in [-0.2, -0.15) is 0 Å². The molecule has 0 aliphatic carbocycles. The van der Waals surface area contributed by atoms with Crippen LogP contribution in [0.5, 0.6) is 0 Å². The molecule has 0 unspecified atom stereocenters. The van der Waals surface area contributed by atoms with Crippen molar-refractivity contribution in [2.24, 2.45) is 5.92 Å². The number of rotatable bonds is 11. The fourth-order valence-corrected chi connectivity index (χ4v) is 2.06. The summed E-state index contributed by atoms with van der Waals surface area (Å²) < 4.78 is 10.2. The number of ether oxygens (including phenoxy) is 2. The molecule has 0 saturated heterocycles. The summed E-state index contributed by atoms with van der Waals surface area (Å²) in [5.41, 5.74) is 1.19. The first-order valence-electron chi connectivity index (χ1n) is 7.55. The third kappa shape index (κ3) is 7.41. The highest BCUT2D eigenvalue weighted by molar-refractivity contribution is 5.39. The van der Waals surface area contributed by atoms with Crippen LogP contribution in [0.15, 0.2) is 18.3 Å². The summed E-state index contributed by atoms with van der Waals surface area (Å²) in [5.74, 6) is 1.61. The van der Waals surface area contributed by atoms with Gasteiger partial charge in [0.1, 0.15) is 5.82 Å². The molecule has 0 aliphatic heterocycles. The Bertz CT molecular complexity index is 368. The Morgan fingerprint density at radius 3 is 2.52 bits per heavy atom. The van der Waals surface area contributed by atoms with Gasteiger partial charge in [0.05, 0.1) is 13.2 Å². The van der Waals surface area contributed by atoms with Crippen LogP contribution in [0.1, 0.15) is 19.4 Å². The van der Waals surface area contributed by atoms with Crippen LogP contribution in [-0.4, -0.2) is 52.1 Å². The van der Waals surface area contributed by atoms with E-state index in [4.69, 9.17) is 9.47 Å². The number of aromatic nitrogens is 1. The molecule has 5 nitrogen and oxygen atoms in total. The molecule has 0 bridgehead atoms. The smallest absolute Gasteiger partial charge is 0.128 e. The second-order valence-corrected chi connectivity index (χ2v) is 5.53. The van der Waals surface area contributed by atoms with Gasteiger partial charge < -0.3 is 19.7 Å². The lowest BCUT2D eigenvalue weighted by atomic mass is 10.2. The highest BCUT2D eigenvalue weighted by Gasteiger charge is 2.09. The molecular formula is C16H29N3O2. The molecule has 1 aromatic heterocycles. The largest absolute Gasteiger partial charge is 0.383 e. The maximum absolute atomic E-state index is 5.18. The molecule has 1 heterocycles. The zero-order valence-electron chi connectivity index (χ0n) is 13.8. The average molecular weight is 295 g/mol. The highest BCUT2D eigenvalue weighted by atomic mass is 16.5. The molecule has 120 valence electrons. The predicted molar refractivity (Wildman–Crippen MR) is 86.7 cm³/mol. The average Bonchev–Trinajstić information content (AvgIpc) is 2.48. The third-order valence-corrected chi connectivity index (χ3v) is 3.10. The monoisotopic (exact) mass is 295 g/mol. The summed E-state index contributed by atoms with van der Waals surface area (Å²) in [5, 5.41) is 3.32. The quantitative estimate of drug-likeness (QED) is 0.632. The van der Waals surface area contributed by atoms with Gasteiger partial charge in [0.2, 0.25) is 0 Å². The van der Waals surface area contributed by atoms with E-state index < -0.39 is 0 Å². The minimum atomic E-state index is 0.596. The van der Waals surface area contributed by atoms with Crippen LogP contribution in [-0.2, 0) is 16.0 Å². The minimum absolute atomic E-state index is 0.596. The van der Waals surface area contributed by atoms with Gasteiger partial charge in [-0.25, -0.2) is 4.98 Å². The number of hydrogen-bond acceptors (Lipinski definition) is 5. The van der Waals surface area contributed by atoms with Crippen LogP contribution in [0, 0.1) is 5.92 Å². The van der Waals surface area contributed by atoms with Crippen molar-refractivity contribution in [2.75, 3.05) is 52.0 Å². The number of pyridine rings is 1. The van der Waals surface area contributed by atoms with Crippen LogP contribution >= 0.6 is 0 Å². The third-order valence-electron chi connectivity index (χ3n) is 3.10. The van der Waals surface area contributed by atoms with Crippen molar-refractivity contribution in [3.63, 3.8) is 0 Å². The predicted octanol–water partition coefficient (Wildman–Crippen LogP) is 1.93. The minimum Gasteiger partial charge on any atom is -0.383 e. The van der Waals surface area contributed by atoms with Crippen molar-refractivity contribution in [3.8, 4) is 0 Å². The number of anilines is 1. The van der Waals surface area contributed by atoms with Gasteiger partial charge in [0, 0.05) is 46.6 Å². The number of methoxy groups -OCH3 is 2. The second-order valence-electron chi connectivity index (χ2n) is 5.53. The maximum atomic E-state index is 5.18. The Balaban J connectivity index is 2.55. The van der Waals surface area contributed by atoms with E-state index in [1.54, 1.807) is 14.2 Å². The first-order chi connectivity index (χ1) is 10.2. The van der Waals surface area contributed by atoms with Gasteiger partial charge in [-0.05, 0) is 17.5 Å². The topological polar surface area (TPSA) is 46.6 Å². The van der Waals surface area contributed by atoms with Crippen LogP contribution in [0.3, 0.4) is 0 Å². The lowest BCUT2D eigenvalue weighted by Crippen LogP contribution is -2.31. The highest BCUT2D eigenvalue weighted by Crippen LogP contribution is 2.13. The van der Waals surface area contributed by atoms with E-state index in [2.05, 4.69) is 41.2 Å². The Morgan fingerprint density at radius 1 is 1.19 bits per heavy atom. The molecule has 1 N–H and O–H groups in total. The van der Waals surface area contributed by atoms with E-state index in [0.717, 1.165) is 38.6 Å². The molecular weight excluding hydrogens is 266 g/mol. The number of nitrogens with zero attached hydrogens (tertiary/aromatic N) is 2. The van der Waals surface area contributed by atoms with Gasteiger partial charge in [0.25, 0.3) is 0 Å². The van der Waals surface area contributed by atoms with Crippen molar-refractivity contribution < 1.29 is 9.47 Å². The van der Waals surface area contributed by atoms with Gasteiger partial charge in [-0.1, -0.05) is 19.9 Å². The second kappa shape index (κ2) is 10.5. The first-order valence-corrected chi connectivity index (χ1v) is 7.55. The van der Waals surface area contributed by atoms with Gasteiger partial charge in [-0.3, -0.25) is 0 Å². The molecule has 0 amide bonds. The molecule has 0 spiro atoms. The Morgan fingerprint density at radius 2 is 1.95 bits per heavy atom. The van der Waals surface area contributed by atoms with E-state index in [1.807, 2.05) is 6.20 Å². The zero-order valence-corrected chi connectivity index (χ0v) is 13.8. The molecule has 0 saturated carbocycles. The van der Waals surface area contributed by atoms with E-state index in [9.17, 15) is 0 Å². The molecule has 1 rings (SSSR count). The summed E-state index contributed by atoms with van der Waals surface area (Å²) in [4.78, 5) is 6.86. The van der Waals surface area contributed by atoms with E-state index >= 15 is 0 Å². The molecule has 5 heteroatoms. The standard InChI is InChI=1S/C16H29N3O2/c1-14(2)13-19(8-10-21-4)16-6-5-15(12-18-16)11-17-7-9-20-3/h5-6,12,14,17H,7-11,13H2,1-4H3. The summed E-state index contributed by atoms with van der Waals surface area (Å²) >= 11 is 0. The molecule has 0 aliphatic rings. The summed E-state index contributed by atoms with van der Waals surface area (Å²) in [6, 6.07) is 4.22. The molecule has 0 aromatic carbocycles. The Labute approximate surface area is 128 Å². The Hall–Kier alpha value is -1.17. The molecule has 0 atom stereocenters. The van der Waals surface area contributed by atoms with Crippen molar-refractivity contribution in [1.29, 1.82) is 0 Å². The van der Waals surface area contributed by atoms with E-state index in [-0.39, 0.29) is 0 Å². The van der Waals surface area contributed by atoms with Crippen molar-refractivity contribution in [3.05, 3.63) is 23.9 Å². The molecule has 0 radical (unpaired) electrons. The number of hydrogen-bond donors (Lipinski definition) is 1. The molecule has 21 heavy (non-hydrogen) atoms. The van der Waals surface area contributed by atoms with Crippen LogP contribution in [0.4, 0.5) is 5.82 Å². The fraction of sp³-hybridized carbons (Fsp3) is 0.688. The van der Waals surface area contributed by atoms with Gasteiger partial charge in [0.15, 0.2) is 0 Å². The van der Waals surface area contributed by atoms with Crippen molar-refractivity contribution in [2.45, 2.75) is 20.4 Å². The summed E-state index contributed by atoms with van der Waals surface area (Å²) in [6.07, 6.45) is 1.94. The maximum Gasteiger partial charge on any atom is 0.128 e. The van der Waals surface area contributed by atoms with Crippen LogP contribution < -0.4 is 10.2 Å². The van der Waals surface area contributed by atoms with E-state index in [1.165, 1.54) is 5.56 Å². The summed E-state index contributed by atoms with van der Waals surface area (Å²) in [7, 11) is 3.44. The zero-order chi connectivity index (χ0) is 15.5. The summed E-state index contributed by atoms with van der Waals surface area (Å²) in [6.45, 7) is 9.40. The fourth-order valence-electron chi connectivity index (χ4n) is 2.06. The lowest BCUT2D eigenvalue weighted by Gasteiger charge is -2.25. The lowest BCUT2D eigenvalue weighted by molar-refractivity contribution is 0.199. The van der Waals surface area contributed by atoms with Crippen LogP contribution in [0.2, 0.25) is 0 Å². The van der Waals surface area contributed by atoms with Gasteiger partial charge >= 0.3 is 0 Å². The normalized spacial score (nSPS) is 11.1. The molecule has 0 fully saturated rings. The molecule has 1 aromatic rings. The Kier molecular flexibility index (Phi) is 8.98. The van der Waals surface area contributed by atoms with E-state index in [0.29, 0.717) is 12.5 Å². The van der Waals surface area contributed by atoms with Crippen molar-refractivity contribution >= 4 is 5.82 Å². The van der Waals surface area contributed by atoms with Crippen molar-refractivity contribution in [1.82, 2.24) is 10.3 Å². The first kappa shape index (κ1) is 17.9.